The number of aromatic amines is 1. The smallest absolute Gasteiger partial charge is 0.280 e. The number of imidazole rings is 1. The molecule has 2 aromatic heterocycles. The molecule has 12 nitrogen and oxygen atoms in total. The molecule has 5 rings (SSSR count). The van der Waals surface area contributed by atoms with Gasteiger partial charge in [-0.25, -0.2) is 4.98 Å². The maximum absolute atomic E-state index is 13.5. The highest BCUT2D eigenvalue weighted by molar-refractivity contribution is 6.28. The normalized spacial score (nSPS) is 19.3. The Balaban J connectivity index is 1.49. The van der Waals surface area contributed by atoms with Crippen LogP contribution in [-0.4, -0.2) is 68.7 Å². The van der Waals surface area contributed by atoms with Crippen LogP contribution in [0, 0.1) is 0 Å². The number of aliphatic hydroxyl groups is 2. The molecule has 4 N–H and O–H groups in total. The summed E-state index contributed by atoms with van der Waals surface area (Å²) in [5.41, 5.74) is 1.32. The molecule has 1 fully saturated rings. The van der Waals surface area contributed by atoms with Crippen LogP contribution in [0.1, 0.15) is 23.8 Å². The van der Waals surface area contributed by atoms with Gasteiger partial charge in [0.1, 0.15) is 23.8 Å². The standard InChI is InChI=1S/C27H27N5O7/c1-37-17-7-3-15(4-8-17)11-19(16-5-9-18(38-2)10-6-16)25(35)30-27-29-24-23(26(36)31-27)28-14-32(24)22-12-20(34)21(13-33)39-22/h3-11,14,20-22,33-34H,12-13H2,1-2H3,(H2,29,30,31,35,36)/b19-11+/t20-,21+,22+/m0/s1. The van der Waals surface area contributed by atoms with Gasteiger partial charge in [-0.3, -0.25) is 24.5 Å². The number of H-pyrrole nitrogens is 1. The van der Waals surface area contributed by atoms with Gasteiger partial charge in [-0.05, 0) is 41.5 Å². The van der Waals surface area contributed by atoms with Crippen LogP contribution < -0.4 is 20.3 Å². The average Bonchev–Trinajstić information content (AvgIpc) is 3.55. The minimum absolute atomic E-state index is 0.0442. The fourth-order valence-electron chi connectivity index (χ4n) is 4.34. The number of carbonyl (C=O) groups is 1. The molecule has 1 aliphatic rings. The number of anilines is 1. The van der Waals surface area contributed by atoms with Gasteiger partial charge in [-0.1, -0.05) is 24.3 Å². The number of nitrogens with zero attached hydrogens (tertiary/aromatic N) is 3. The van der Waals surface area contributed by atoms with Gasteiger partial charge in [0, 0.05) is 12.0 Å². The summed E-state index contributed by atoms with van der Waals surface area (Å²) in [5.74, 6) is 0.705. The Bertz CT molecular complexity index is 1560. The number of methoxy groups -OCH3 is 2. The molecule has 1 amide bonds. The molecule has 1 saturated heterocycles. The van der Waals surface area contributed by atoms with Gasteiger partial charge in [0.25, 0.3) is 11.5 Å². The van der Waals surface area contributed by atoms with Gasteiger partial charge in [0.05, 0.1) is 33.3 Å². The summed E-state index contributed by atoms with van der Waals surface area (Å²) in [6, 6.07) is 14.2. The number of amides is 1. The largest absolute Gasteiger partial charge is 0.497 e. The molecule has 0 saturated carbocycles. The Morgan fingerprint density at radius 1 is 1.15 bits per heavy atom. The van der Waals surface area contributed by atoms with Crippen LogP contribution in [0.25, 0.3) is 22.8 Å². The van der Waals surface area contributed by atoms with Crippen molar-refractivity contribution in [1.29, 1.82) is 0 Å². The van der Waals surface area contributed by atoms with E-state index in [4.69, 9.17) is 14.2 Å². The molecule has 3 heterocycles. The van der Waals surface area contributed by atoms with E-state index in [1.165, 1.54) is 10.9 Å². The Kier molecular flexibility index (Phi) is 7.41. The third-order valence-electron chi connectivity index (χ3n) is 6.43. The monoisotopic (exact) mass is 533 g/mol. The molecule has 4 aromatic rings. The number of nitrogens with one attached hydrogen (secondary N) is 2. The highest BCUT2D eigenvalue weighted by atomic mass is 16.5. The van der Waals surface area contributed by atoms with Crippen molar-refractivity contribution in [3.8, 4) is 11.5 Å². The lowest BCUT2D eigenvalue weighted by molar-refractivity contribution is -0.111. The van der Waals surface area contributed by atoms with Crippen LogP contribution in [-0.2, 0) is 9.53 Å². The number of aliphatic hydroxyl groups excluding tert-OH is 2. The van der Waals surface area contributed by atoms with Gasteiger partial charge in [0.15, 0.2) is 11.2 Å². The summed E-state index contributed by atoms with van der Waals surface area (Å²) in [6.45, 7) is -0.353. The van der Waals surface area contributed by atoms with Crippen LogP contribution in [0.15, 0.2) is 59.7 Å². The molecule has 39 heavy (non-hydrogen) atoms. The number of fused-ring (bicyclic) bond motifs is 1. The van der Waals surface area contributed by atoms with E-state index >= 15 is 0 Å². The second-order valence-electron chi connectivity index (χ2n) is 8.87. The predicted molar refractivity (Wildman–Crippen MR) is 142 cm³/mol. The molecule has 0 unspecified atom stereocenters. The van der Waals surface area contributed by atoms with Gasteiger partial charge in [-0.15, -0.1) is 0 Å². The van der Waals surface area contributed by atoms with Gasteiger partial charge in [-0.2, -0.15) is 4.98 Å². The number of rotatable bonds is 8. The van der Waals surface area contributed by atoms with Crippen LogP contribution in [0.5, 0.6) is 11.5 Å². The summed E-state index contributed by atoms with van der Waals surface area (Å²) in [7, 11) is 3.13. The van der Waals surface area contributed by atoms with Crippen molar-refractivity contribution in [2.24, 2.45) is 0 Å². The first-order valence-corrected chi connectivity index (χ1v) is 12.1. The second kappa shape index (κ2) is 11.1. The lowest BCUT2D eigenvalue weighted by Gasteiger charge is -2.14. The molecule has 3 atom stereocenters. The maximum Gasteiger partial charge on any atom is 0.280 e. The molecular weight excluding hydrogens is 506 g/mol. The van der Waals surface area contributed by atoms with Crippen molar-refractivity contribution in [3.63, 3.8) is 0 Å². The molecule has 1 aliphatic heterocycles. The van der Waals surface area contributed by atoms with Crippen molar-refractivity contribution in [2.75, 3.05) is 26.1 Å². The van der Waals surface area contributed by atoms with Gasteiger partial charge >= 0.3 is 0 Å². The summed E-state index contributed by atoms with van der Waals surface area (Å²) in [4.78, 5) is 37.4. The van der Waals surface area contributed by atoms with Crippen molar-refractivity contribution >= 4 is 34.7 Å². The van der Waals surface area contributed by atoms with E-state index in [0.29, 0.717) is 22.6 Å². The first kappa shape index (κ1) is 26.1. The SMILES string of the molecule is COc1ccc(/C=C(/C(=O)Nc2nc3c(ncn3[C@H]3C[C@H](O)[C@@H](CO)O3)c(=O)[nH]2)c2ccc(OC)cc2)cc1. The summed E-state index contributed by atoms with van der Waals surface area (Å²) >= 11 is 0. The Labute approximate surface area is 222 Å². The zero-order chi connectivity index (χ0) is 27.5. The maximum atomic E-state index is 13.5. The molecule has 0 radical (unpaired) electrons. The van der Waals surface area contributed by atoms with Crippen molar-refractivity contribution in [2.45, 2.75) is 24.9 Å². The van der Waals surface area contributed by atoms with E-state index in [-0.39, 0.29) is 30.1 Å². The summed E-state index contributed by atoms with van der Waals surface area (Å²) < 4.78 is 17.6. The quantitative estimate of drug-likeness (QED) is 0.196. The van der Waals surface area contributed by atoms with Crippen LogP contribution in [0.2, 0.25) is 0 Å². The van der Waals surface area contributed by atoms with E-state index in [1.807, 2.05) is 12.1 Å². The second-order valence-corrected chi connectivity index (χ2v) is 8.87. The fraction of sp³-hybridized carbons (Fsp3) is 0.259. The summed E-state index contributed by atoms with van der Waals surface area (Å²) in [5, 5.41) is 22.2. The van der Waals surface area contributed by atoms with Crippen molar-refractivity contribution in [1.82, 2.24) is 19.5 Å². The van der Waals surface area contributed by atoms with Crippen LogP contribution >= 0.6 is 0 Å². The number of aromatic nitrogens is 4. The molecule has 0 bridgehead atoms. The summed E-state index contributed by atoms with van der Waals surface area (Å²) in [6.07, 6.45) is 0.934. The predicted octanol–water partition coefficient (Wildman–Crippen LogP) is 1.96. The Hall–Kier alpha value is -4.52. The highest BCUT2D eigenvalue weighted by Gasteiger charge is 2.35. The average molecular weight is 534 g/mol. The highest BCUT2D eigenvalue weighted by Crippen LogP contribution is 2.30. The minimum atomic E-state index is -0.881. The first-order chi connectivity index (χ1) is 18.9. The van der Waals surface area contributed by atoms with Crippen molar-refractivity contribution < 1.29 is 29.2 Å². The number of ether oxygens (including phenoxy) is 3. The molecule has 0 spiro atoms. The molecule has 12 heteroatoms. The van der Waals surface area contributed by atoms with E-state index in [0.717, 1.165) is 5.56 Å². The van der Waals surface area contributed by atoms with Crippen molar-refractivity contribution in [3.05, 3.63) is 76.3 Å². The third-order valence-corrected chi connectivity index (χ3v) is 6.43. The zero-order valence-corrected chi connectivity index (χ0v) is 21.2. The first-order valence-electron chi connectivity index (χ1n) is 12.1. The fourth-order valence-corrected chi connectivity index (χ4v) is 4.34. The van der Waals surface area contributed by atoms with E-state index in [2.05, 4.69) is 20.3 Å². The van der Waals surface area contributed by atoms with E-state index in [1.54, 1.807) is 56.7 Å². The van der Waals surface area contributed by atoms with Crippen LogP contribution in [0.3, 0.4) is 0 Å². The lowest BCUT2D eigenvalue weighted by atomic mass is 10.0. The molecule has 202 valence electrons. The minimum Gasteiger partial charge on any atom is -0.497 e. The number of hydrogen-bond donors (Lipinski definition) is 4. The van der Waals surface area contributed by atoms with E-state index < -0.39 is 29.9 Å². The third kappa shape index (κ3) is 5.39. The van der Waals surface area contributed by atoms with E-state index in [9.17, 15) is 19.8 Å². The number of hydrogen-bond acceptors (Lipinski definition) is 9. The topological polar surface area (TPSA) is 161 Å². The lowest BCUT2D eigenvalue weighted by Crippen LogP contribution is -2.24. The Morgan fingerprint density at radius 3 is 2.44 bits per heavy atom. The molecule has 0 aliphatic carbocycles. The molecular formula is C27H27N5O7. The number of carbonyl (C=O) groups excluding carboxylic acids is 1. The molecule has 2 aromatic carbocycles. The van der Waals surface area contributed by atoms with Crippen LogP contribution in [0.4, 0.5) is 5.95 Å². The Morgan fingerprint density at radius 2 is 1.82 bits per heavy atom. The zero-order valence-electron chi connectivity index (χ0n) is 21.2. The number of benzene rings is 2. The van der Waals surface area contributed by atoms with Gasteiger partial charge < -0.3 is 24.4 Å². The van der Waals surface area contributed by atoms with Gasteiger partial charge in [0.2, 0.25) is 5.95 Å².